The summed E-state index contributed by atoms with van der Waals surface area (Å²) in [5.74, 6) is 0. The molecular formula is C16H20NO2S+. The zero-order valence-electron chi connectivity index (χ0n) is 11.6. The molecule has 2 heterocycles. The molecule has 1 N–H and O–H groups in total. The Balaban J connectivity index is 1.55. The van der Waals surface area contributed by atoms with Crippen molar-refractivity contribution < 1.29 is 8.95 Å². The van der Waals surface area contributed by atoms with Crippen LogP contribution in [-0.2, 0) is 40.2 Å². The van der Waals surface area contributed by atoms with E-state index in [0.717, 1.165) is 11.3 Å². The molecule has 1 saturated carbocycles. The largest absolute Gasteiger partial charge is 0.505 e. The van der Waals surface area contributed by atoms with Gasteiger partial charge >= 0.3 is 11.7 Å². The summed E-state index contributed by atoms with van der Waals surface area (Å²) in [6.45, 7) is 2.54. The molecule has 1 atom stereocenters. The van der Waals surface area contributed by atoms with Crippen molar-refractivity contribution in [2.24, 2.45) is 5.41 Å². The molecule has 1 saturated heterocycles. The van der Waals surface area contributed by atoms with Gasteiger partial charge in [0.15, 0.2) is 0 Å². The highest BCUT2D eigenvalue weighted by molar-refractivity contribution is 7.65. The minimum absolute atomic E-state index is 0.543. The van der Waals surface area contributed by atoms with E-state index >= 15 is 0 Å². The van der Waals surface area contributed by atoms with Gasteiger partial charge in [-0.25, -0.2) is 0 Å². The zero-order chi connectivity index (χ0) is 13.6. The smallest absolute Gasteiger partial charge is 0.372 e. The van der Waals surface area contributed by atoms with E-state index in [-0.39, 0.29) is 0 Å². The molecular weight excluding hydrogens is 270 g/mol. The van der Waals surface area contributed by atoms with Gasteiger partial charge < -0.3 is 10.1 Å². The Labute approximate surface area is 123 Å². The van der Waals surface area contributed by atoms with E-state index in [9.17, 15) is 4.21 Å². The van der Waals surface area contributed by atoms with Gasteiger partial charge in [-0.2, -0.15) is 0 Å². The van der Waals surface area contributed by atoms with Gasteiger partial charge in [-0.15, -0.1) is 0 Å². The van der Waals surface area contributed by atoms with E-state index in [0.29, 0.717) is 36.3 Å². The van der Waals surface area contributed by atoms with Gasteiger partial charge in [0.1, 0.15) is 0 Å². The monoisotopic (exact) mass is 290 g/mol. The second-order valence-electron chi connectivity index (χ2n) is 6.64. The van der Waals surface area contributed by atoms with Crippen molar-refractivity contribution in [1.82, 2.24) is 5.32 Å². The minimum atomic E-state index is 0.543. The molecule has 1 aliphatic carbocycles. The lowest BCUT2D eigenvalue weighted by atomic mass is 9.67. The summed E-state index contributed by atoms with van der Waals surface area (Å²) < 4.78 is 16.8. The first-order valence-electron chi connectivity index (χ1n) is 7.54. The van der Waals surface area contributed by atoms with Crippen LogP contribution >= 0.6 is 0 Å². The van der Waals surface area contributed by atoms with Crippen LogP contribution < -0.4 is 5.32 Å². The summed E-state index contributed by atoms with van der Waals surface area (Å²) in [7, 11) is 0. The van der Waals surface area contributed by atoms with Gasteiger partial charge in [0, 0.05) is 28.4 Å². The molecule has 0 amide bonds. The number of hydrogen-bond donors (Lipinski definition) is 1. The summed E-state index contributed by atoms with van der Waals surface area (Å²) in [6, 6.07) is 4.79. The van der Waals surface area contributed by atoms with Gasteiger partial charge in [0.05, 0.1) is 13.2 Å². The van der Waals surface area contributed by atoms with E-state index in [2.05, 4.69) is 11.4 Å². The van der Waals surface area contributed by atoms with Crippen molar-refractivity contribution >= 4 is 11.7 Å². The third-order valence-electron chi connectivity index (χ3n) is 5.31. The third-order valence-corrected chi connectivity index (χ3v) is 5.87. The molecule has 1 aromatic carbocycles. The molecule has 106 valence electrons. The lowest BCUT2D eigenvalue weighted by Crippen LogP contribution is -2.31. The highest BCUT2D eigenvalue weighted by atomic mass is 32.1. The van der Waals surface area contributed by atoms with Gasteiger partial charge in [-0.1, -0.05) is 6.42 Å². The molecule has 1 unspecified atom stereocenters. The highest BCUT2D eigenvalue weighted by Crippen LogP contribution is 2.47. The number of rotatable bonds is 3. The minimum Gasteiger partial charge on any atom is -0.372 e. The molecule has 3 aliphatic rings. The Kier molecular flexibility index (Phi) is 3.13. The lowest BCUT2D eigenvalue weighted by Gasteiger charge is -2.37. The fraction of sp³-hybridized carbons (Fsp3) is 0.625. The molecule has 0 radical (unpaired) electrons. The molecule has 0 aromatic heterocycles. The third kappa shape index (κ3) is 2.10. The predicted octanol–water partition coefficient (Wildman–Crippen LogP) is 2.58. The van der Waals surface area contributed by atoms with E-state index in [1.807, 2.05) is 6.07 Å². The zero-order valence-corrected chi connectivity index (χ0v) is 12.4. The SMILES string of the molecule is O=[S+]c1cc2c(cc1CC1CC3(CCC3)CN1)COC2. The highest BCUT2D eigenvalue weighted by Gasteiger charge is 2.43. The van der Waals surface area contributed by atoms with Gasteiger partial charge in [0.25, 0.3) is 4.90 Å². The van der Waals surface area contributed by atoms with E-state index in [1.165, 1.54) is 48.9 Å². The molecule has 2 fully saturated rings. The van der Waals surface area contributed by atoms with Crippen LogP contribution in [0.25, 0.3) is 0 Å². The summed E-state index contributed by atoms with van der Waals surface area (Å²) >= 11 is 0.631. The van der Waals surface area contributed by atoms with Crippen LogP contribution in [0.2, 0.25) is 0 Å². The average molecular weight is 290 g/mol. The van der Waals surface area contributed by atoms with E-state index < -0.39 is 0 Å². The van der Waals surface area contributed by atoms with Gasteiger partial charge in [-0.05, 0) is 48.3 Å². The average Bonchev–Trinajstić information content (AvgIpc) is 3.03. The Morgan fingerprint density at radius 3 is 2.75 bits per heavy atom. The summed E-state index contributed by atoms with van der Waals surface area (Å²) in [5, 5.41) is 3.67. The molecule has 0 bridgehead atoms. The second kappa shape index (κ2) is 4.86. The van der Waals surface area contributed by atoms with E-state index in [1.54, 1.807) is 0 Å². The Morgan fingerprint density at radius 1 is 1.30 bits per heavy atom. The van der Waals surface area contributed by atoms with Crippen molar-refractivity contribution in [1.29, 1.82) is 0 Å². The molecule has 3 nitrogen and oxygen atoms in total. The Hall–Kier alpha value is -0.840. The van der Waals surface area contributed by atoms with Crippen molar-refractivity contribution in [3.8, 4) is 0 Å². The number of nitrogens with one attached hydrogen (secondary N) is 1. The van der Waals surface area contributed by atoms with Crippen LogP contribution in [0.15, 0.2) is 17.0 Å². The summed E-state index contributed by atoms with van der Waals surface area (Å²) in [5.41, 5.74) is 4.27. The van der Waals surface area contributed by atoms with Crippen LogP contribution in [0.4, 0.5) is 0 Å². The van der Waals surface area contributed by atoms with Crippen LogP contribution in [0, 0.1) is 5.41 Å². The molecule has 20 heavy (non-hydrogen) atoms. The van der Waals surface area contributed by atoms with Gasteiger partial charge in [0.2, 0.25) is 0 Å². The maximum atomic E-state index is 11.4. The van der Waals surface area contributed by atoms with E-state index in [4.69, 9.17) is 4.74 Å². The predicted molar refractivity (Wildman–Crippen MR) is 77.6 cm³/mol. The first-order chi connectivity index (χ1) is 9.78. The van der Waals surface area contributed by atoms with Gasteiger partial charge in [-0.3, -0.25) is 0 Å². The number of benzene rings is 1. The fourth-order valence-corrected chi connectivity index (χ4v) is 4.43. The van der Waals surface area contributed by atoms with Crippen molar-refractivity contribution in [3.05, 3.63) is 28.8 Å². The quantitative estimate of drug-likeness (QED) is 0.870. The fourth-order valence-electron chi connectivity index (χ4n) is 3.99. The lowest BCUT2D eigenvalue weighted by molar-refractivity contribution is 0.134. The van der Waals surface area contributed by atoms with Crippen LogP contribution in [-0.4, -0.2) is 12.6 Å². The summed E-state index contributed by atoms with van der Waals surface area (Å²) in [6.07, 6.45) is 6.44. The maximum absolute atomic E-state index is 11.4. The van der Waals surface area contributed by atoms with Crippen molar-refractivity contribution in [2.75, 3.05) is 6.54 Å². The Morgan fingerprint density at radius 2 is 2.10 bits per heavy atom. The topological polar surface area (TPSA) is 38.3 Å². The molecule has 2 aliphatic heterocycles. The normalized spacial score (nSPS) is 26.5. The van der Waals surface area contributed by atoms with Crippen molar-refractivity contribution in [3.63, 3.8) is 0 Å². The number of fused-ring (bicyclic) bond motifs is 1. The standard InChI is InChI=1S/C16H20NO2S/c18-20-15-6-13-9-19-8-12(13)4-11(15)5-14-7-16(10-17-14)2-1-3-16/h4,6,14,17H,1-3,5,7-10H2/q+1. The first kappa shape index (κ1) is 12.9. The Bertz CT molecular complexity index is 554. The molecule has 1 spiro atoms. The molecule has 4 heteroatoms. The summed E-state index contributed by atoms with van der Waals surface area (Å²) in [4.78, 5) is 0.894. The second-order valence-corrected chi connectivity index (χ2v) is 7.25. The van der Waals surface area contributed by atoms with Crippen LogP contribution in [0.1, 0.15) is 42.4 Å². The molecule has 4 rings (SSSR count). The van der Waals surface area contributed by atoms with Crippen molar-refractivity contribution in [2.45, 2.75) is 56.3 Å². The van der Waals surface area contributed by atoms with Crippen LogP contribution in [0.5, 0.6) is 0 Å². The van der Waals surface area contributed by atoms with Crippen LogP contribution in [0.3, 0.4) is 0 Å². The number of hydrogen-bond acceptors (Lipinski definition) is 3. The molecule has 1 aromatic rings. The number of ether oxygens (including phenoxy) is 1. The first-order valence-corrected chi connectivity index (χ1v) is 8.28. The maximum Gasteiger partial charge on any atom is 0.505 e.